The van der Waals surface area contributed by atoms with Crippen molar-refractivity contribution >= 4 is 11.5 Å². The van der Waals surface area contributed by atoms with Crippen LogP contribution in [0.25, 0.3) is 5.57 Å². The molecule has 0 radical (unpaired) electrons. The minimum absolute atomic E-state index is 0.127. The second-order valence-corrected chi connectivity index (χ2v) is 9.25. The van der Waals surface area contributed by atoms with Gasteiger partial charge in [-0.15, -0.1) is 0 Å². The summed E-state index contributed by atoms with van der Waals surface area (Å²) in [6.07, 6.45) is 0.312. The fraction of sp³-hybridized carbons (Fsp3) is 0.276. The summed E-state index contributed by atoms with van der Waals surface area (Å²) in [6, 6.07) is 20.6. The Morgan fingerprint density at radius 2 is 1.78 bits per heavy atom. The molecule has 2 aliphatic heterocycles. The van der Waals surface area contributed by atoms with Crippen molar-refractivity contribution in [3.05, 3.63) is 94.6 Å². The molecule has 5 rings (SSSR count). The van der Waals surface area contributed by atoms with Crippen LogP contribution in [0, 0.1) is 0 Å². The highest BCUT2D eigenvalue weighted by molar-refractivity contribution is 6.20. The molecule has 2 heterocycles. The third-order valence-electron chi connectivity index (χ3n) is 6.89. The summed E-state index contributed by atoms with van der Waals surface area (Å²) in [4.78, 5) is 15.4. The number of carbonyl (C=O) groups is 1. The molecule has 7 nitrogen and oxygen atoms in total. The maximum absolute atomic E-state index is 13.3. The molecular weight excluding hydrogens is 458 g/mol. The zero-order valence-corrected chi connectivity index (χ0v) is 20.8. The molecule has 0 saturated heterocycles. The van der Waals surface area contributed by atoms with E-state index in [1.807, 2.05) is 26.2 Å². The van der Waals surface area contributed by atoms with E-state index in [1.54, 1.807) is 49.6 Å². The van der Waals surface area contributed by atoms with Crippen LogP contribution in [0.1, 0.15) is 35.2 Å². The first-order valence-electron chi connectivity index (χ1n) is 11.8. The van der Waals surface area contributed by atoms with Crippen molar-refractivity contribution in [1.29, 1.82) is 0 Å². The number of nitrogens with zero attached hydrogens (tertiary/aromatic N) is 1. The van der Waals surface area contributed by atoms with E-state index in [4.69, 9.17) is 18.9 Å². The highest BCUT2D eigenvalue weighted by atomic mass is 16.7. The third kappa shape index (κ3) is 4.21. The van der Waals surface area contributed by atoms with Crippen LogP contribution < -0.4 is 14.2 Å². The van der Waals surface area contributed by atoms with Crippen molar-refractivity contribution in [3.63, 3.8) is 0 Å². The Balaban J connectivity index is 1.64. The van der Waals surface area contributed by atoms with E-state index in [0.717, 1.165) is 11.1 Å². The predicted octanol–water partition coefficient (Wildman–Crippen LogP) is 4.44. The summed E-state index contributed by atoms with van der Waals surface area (Å²) >= 11 is 0. The summed E-state index contributed by atoms with van der Waals surface area (Å²) in [7, 11) is 5.64. The molecule has 0 amide bonds. The maximum atomic E-state index is 13.3. The predicted molar refractivity (Wildman–Crippen MR) is 135 cm³/mol. The van der Waals surface area contributed by atoms with Gasteiger partial charge in [-0.2, -0.15) is 0 Å². The number of carbonyl (C=O) groups excluding carboxylic acids is 1. The van der Waals surface area contributed by atoms with E-state index >= 15 is 0 Å². The number of aliphatic hydroxyl groups is 1. The Kier molecular flexibility index (Phi) is 6.20. The molecule has 0 saturated carbocycles. The molecule has 0 aromatic heterocycles. The monoisotopic (exact) mass is 487 g/mol. The Morgan fingerprint density at radius 1 is 1.03 bits per heavy atom. The highest BCUT2D eigenvalue weighted by Crippen LogP contribution is 2.46. The summed E-state index contributed by atoms with van der Waals surface area (Å²) in [6.45, 7) is 2.26. The highest BCUT2D eigenvalue weighted by Gasteiger charge is 2.48. The molecule has 7 heteroatoms. The number of rotatable bonds is 7. The first-order valence-corrected chi connectivity index (χ1v) is 11.8. The quantitative estimate of drug-likeness (QED) is 0.494. The van der Waals surface area contributed by atoms with Crippen LogP contribution in [0.15, 0.2) is 72.3 Å². The minimum atomic E-state index is -1.93. The van der Waals surface area contributed by atoms with Gasteiger partial charge in [-0.25, -0.2) is 4.79 Å². The lowest BCUT2D eigenvalue weighted by Gasteiger charge is -2.26. The molecule has 3 aromatic rings. The summed E-state index contributed by atoms with van der Waals surface area (Å²) in [5.74, 6) is -0.728. The van der Waals surface area contributed by atoms with Crippen LogP contribution in [-0.4, -0.2) is 44.0 Å². The lowest BCUT2D eigenvalue weighted by Crippen LogP contribution is -2.29. The molecule has 0 spiro atoms. The number of hydrogen-bond acceptors (Lipinski definition) is 7. The number of fused-ring (bicyclic) bond motifs is 1. The van der Waals surface area contributed by atoms with Gasteiger partial charge in [-0.1, -0.05) is 30.3 Å². The van der Waals surface area contributed by atoms with Crippen molar-refractivity contribution in [3.8, 4) is 17.2 Å². The lowest BCUT2D eigenvalue weighted by atomic mass is 9.87. The Labute approximate surface area is 210 Å². The molecule has 186 valence electrons. The third-order valence-corrected chi connectivity index (χ3v) is 6.89. The average molecular weight is 488 g/mol. The first kappa shape index (κ1) is 23.9. The van der Waals surface area contributed by atoms with Crippen molar-refractivity contribution < 1.29 is 28.8 Å². The van der Waals surface area contributed by atoms with Crippen molar-refractivity contribution in [2.75, 3.05) is 28.0 Å². The summed E-state index contributed by atoms with van der Waals surface area (Å²) in [5.41, 5.74) is 3.92. The standard InChI is InChI=1S/C29H29NO6/c1-18(30(2)3)20-7-5-6-19(14-20)15-24-27(21-8-13-25-26(16-21)35-17-34-25)28(31)36-29(24,32)22-9-11-23(33-4)12-10-22/h5-14,16,18,32H,15,17H2,1-4H3. The van der Waals surface area contributed by atoms with Crippen LogP contribution in [-0.2, 0) is 21.7 Å². The summed E-state index contributed by atoms with van der Waals surface area (Å²) < 4.78 is 22.0. The van der Waals surface area contributed by atoms with Gasteiger partial charge in [-0.3, -0.25) is 0 Å². The van der Waals surface area contributed by atoms with Crippen LogP contribution in [0.5, 0.6) is 17.2 Å². The van der Waals surface area contributed by atoms with Crippen LogP contribution >= 0.6 is 0 Å². The van der Waals surface area contributed by atoms with Gasteiger partial charge >= 0.3 is 5.97 Å². The molecule has 2 atom stereocenters. The Hall–Kier alpha value is -3.81. The molecule has 0 fully saturated rings. The number of ether oxygens (including phenoxy) is 4. The summed E-state index contributed by atoms with van der Waals surface area (Å²) in [5, 5.41) is 11.9. The fourth-order valence-corrected chi connectivity index (χ4v) is 4.61. The zero-order chi connectivity index (χ0) is 25.4. The Morgan fingerprint density at radius 3 is 2.50 bits per heavy atom. The van der Waals surface area contributed by atoms with Gasteiger partial charge in [0.25, 0.3) is 5.79 Å². The molecule has 2 unspecified atom stereocenters. The van der Waals surface area contributed by atoms with Gasteiger partial charge in [-0.05, 0) is 74.1 Å². The minimum Gasteiger partial charge on any atom is -0.497 e. The van der Waals surface area contributed by atoms with E-state index in [-0.39, 0.29) is 12.8 Å². The zero-order valence-electron chi connectivity index (χ0n) is 20.8. The number of cyclic esters (lactones) is 1. The van der Waals surface area contributed by atoms with E-state index in [9.17, 15) is 9.90 Å². The second-order valence-electron chi connectivity index (χ2n) is 9.25. The molecule has 36 heavy (non-hydrogen) atoms. The number of methoxy groups -OCH3 is 1. The lowest BCUT2D eigenvalue weighted by molar-refractivity contribution is -0.185. The van der Waals surface area contributed by atoms with Gasteiger partial charge < -0.3 is 29.0 Å². The van der Waals surface area contributed by atoms with E-state index in [2.05, 4.69) is 24.0 Å². The van der Waals surface area contributed by atoms with Crippen molar-refractivity contribution in [2.45, 2.75) is 25.2 Å². The average Bonchev–Trinajstić information content (AvgIpc) is 3.45. The molecule has 3 aromatic carbocycles. The number of esters is 1. The number of hydrogen-bond donors (Lipinski definition) is 1. The SMILES string of the molecule is COc1ccc(C2(O)OC(=O)C(c3ccc4c(c3)OCO4)=C2Cc2cccc(C(C)N(C)C)c2)cc1. The topological polar surface area (TPSA) is 77.5 Å². The molecule has 0 aliphatic carbocycles. The van der Waals surface area contributed by atoms with Crippen LogP contribution in [0.2, 0.25) is 0 Å². The fourth-order valence-electron chi connectivity index (χ4n) is 4.61. The largest absolute Gasteiger partial charge is 0.497 e. The van der Waals surface area contributed by atoms with Gasteiger partial charge in [0, 0.05) is 23.6 Å². The maximum Gasteiger partial charge on any atom is 0.342 e. The van der Waals surface area contributed by atoms with Crippen LogP contribution in [0.3, 0.4) is 0 Å². The normalized spacial score (nSPS) is 19.6. The molecular formula is C29H29NO6. The number of benzene rings is 3. The van der Waals surface area contributed by atoms with Gasteiger partial charge in [0.2, 0.25) is 6.79 Å². The first-order chi connectivity index (χ1) is 17.3. The van der Waals surface area contributed by atoms with Gasteiger partial charge in [0.05, 0.1) is 12.7 Å². The second kappa shape index (κ2) is 9.33. The van der Waals surface area contributed by atoms with E-state index < -0.39 is 11.8 Å². The van der Waals surface area contributed by atoms with E-state index in [1.165, 1.54) is 0 Å². The van der Waals surface area contributed by atoms with Crippen molar-refractivity contribution in [2.24, 2.45) is 0 Å². The molecule has 1 N–H and O–H groups in total. The van der Waals surface area contributed by atoms with Crippen LogP contribution in [0.4, 0.5) is 0 Å². The molecule has 2 aliphatic rings. The smallest absolute Gasteiger partial charge is 0.342 e. The van der Waals surface area contributed by atoms with E-state index in [0.29, 0.717) is 45.9 Å². The van der Waals surface area contributed by atoms with Crippen molar-refractivity contribution in [1.82, 2.24) is 4.90 Å². The van der Waals surface area contributed by atoms with Gasteiger partial charge in [0.1, 0.15) is 5.75 Å². The van der Waals surface area contributed by atoms with Gasteiger partial charge in [0.15, 0.2) is 11.5 Å². The Bertz CT molecular complexity index is 1330. The molecule has 0 bridgehead atoms.